The number of aliphatic imine (C=N–C) groups is 1. The summed E-state index contributed by atoms with van der Waals surface area (Å²) in [6.07, 6.45) is 0.763. The van der Waals surface area contributed by atoms with Crippen molar-refractivity contribution in [2.45, 2.75) is 24.7 Å². The van der Waals surface area contributed by atoms with E-state index in [0.29, 0.717) is 11.4 Å². The SMILES string of the molecule is CC1=C(CC(=O)O)C2=C(S(=O)(=O)c3ccc(O)cc3)C(F)=CCC2=N1. The number of hydrogen-bond acceptors (Lipinski definition) is 5. The number of phenols is 1. The maximum absolute atomic E-state index is 14.5. The average Bonchev–Trinajstić information content (AvgIpc) is 2.83. The Morgan fingerprint density at radius 3 is 2.52 bits per heavy atom. The van der Waals surface area contributed by atoms with Gasteiger partial charge in [0, 0.05) is 17.7 Å². The summed E-state index contributed by atoms with van der Waals surface area (Å²) < 4.78 is 40.4. The third kappa shape index (κ3) is 2.89. The third-order valence-corrected chi connectivity index (χ3v) is 5.82. The fraction of sp³-hybridized carbons (Fsp3) is 0.176. The van der Waals surface area contributed by atoms with Crippen LogP contribution in [-0.2, 0) is 14.6 Å². The molecule has 0 spiro atoms. The number of phenolic OH excluding ortho intramolecular Hbond substituents is 1. The first-order valence-corrected chi connectivity index (χ1v) is 8.84. The number of carbonyl (C=O) groups is 1. The Bertz CT molecular complexity index is 998. The summed E-state index contributed by atoms with van der Waals surface area (Å²) in [5.41, 5.74) is 0.942. The molecule has 2 N–H and O–H groups in total. The van der Waals surface area contributed by atoms with E-state index in [2.05, 4.69) is 4.99 Å². The maximum Gasteiger partial charge on any atom is 0.307 e. The number of fused-ring (bicyclic) bond motifs is 1. The van der Waals surface area contributed by atoms with Gasteiger partial charge in [0.15, 0.2) is 0 Å². The Labute approximate surface area is 143 Å². The highest BCUT2D eigenvalue weighted by molar-refractivity contribution is 7.95. The van der Waals surface area contributed by atoms with Crippen LogP contribution < -0.4 is 0 Å². The first-order valence-electron chi connectivity index (χ1n) is 7.36. The van der Waals surface area contributed by atoms with Gasteiger partial charge in [-0.1, -0.05) is 0 Å². The van der Waals surface area contributed by atoms with Gasteiger partial charge >= 0.3 is 5.97 Å². The number of nitrogens with zero attached hydrogens (tertiary/aromatic N) is 1. The summed E-state index contributed by atoms with van der Waals surface area (Å²) >= 11 is 0. The van der Waals surface area contributed by atoms with Gasteiger partial charge in [0.25, 0.3) is 0 Å². The lowest BCUT2D eigenvalue weighted by atomic mass is 9.94. The molecule has 2 aliphatic rings. The van der Waals surface area contributed by atoms with Crippen molar-refractivity contribution in [2.75, 3.05) is 0 Å². The lowest BCUT2D eigenvalue weighted by Gasteiger charge is -2.18. The van der Waals surface area contributed by atoms with Crippen LogP contribution >= 0.6 is 0 Å². The zero-order valence-electron chi connectivity index (χ0n) is 13.2. The number of sulfone groups is 1. The quantitative estimate of drug-likeness (QED) is 0.856. The Kier molecular flexibility index (Phi) is 4.08. The van der Waals surface area contributed by atoms with E-state index in [9.17, 15) is 22.7 Å². The average molecular weight is 363 g/mol. The van der Waals surface area contributed by atoms with E-state index < -0.39 is 33.0 Å². The second-order valence-electron chi connectivity index (χ2n) is 5.65. The molecule has 1 aliphatic heterocycles. The predicted molar refractivity (Wildman–Crippen MR) is 88.5 cm³/mol. The van der Waals surface area contributed by atoms with E-state index in [1.54, 1.807) is 6.92 Å². The minimum Gasteiger partial charge on any atom is -0.508 e. The highest BCUT2D eigenvalue weighted by atomic mass is 32.2. The number of allylic oxidation sites excluding steroid dienone is 4. The number of rotatable bonds is 4. The number of carboxylic acids is 1. The van der Waals surface area contributed by atoms with Crippen LogP contribution in [0.25, 0.3) is 0 Å². The van der Waals surface area contributed by atoms with Gasteiger partial charge in [-0.05, 0) is 42.8 Å². The number of aliphatic carboxylic acids is 1. The fourth-order valence-corrected chi connectivity index (χ4v) is 4.45. The highest BCUT2D eigenvalue weighted by Crippen LogP contribution is 2.41. The Morgan fingerprint density at radius 2 is 1.92 bits per heavy atom. The van der Waals surface area contributed by atoms with Crippen LogP contribution in [-0.4, -0.2) is 30.3 Å². The fourth-order valence-electron chi connectivity index (χ4n) is 2.87. The van der Waals surface area contributed by atoms with Crippen LogP contribution in [0.3, 0.4) is 0 Å². The topological polar surface area (TPSA) is 104 Å². The van der Waals surface area contributed by atoms with Crippen LogP contribution in [0.1, 0.15) is 19.8 Å². The first-order chi connectivity index (χ1) is 11.7. The molecule has 25 heavy (non-hydrogen) atoms. The van der Waals surface area contributed by atoms with E-state index in [-0.39, 0.29) is 28.2 Å². The Hall–Kier alpha value is -2.74. The van der Waals surface area contributed by atoms with Crippen molar-refractivity contribution >= 4 is 21.5 Å². The van der Waals surface area contributed by atoms with E-state index in [1.165, 1.54) is 24.3 Å². The molecule has 0 unspecified atom stereocenters. The Morgan fingerprint density at radius 1 is 1.28 bits per heavy atom. The van der Waals surface area contributed by atoms with Crippen molar-refractivity contribution in [1.82, 2.24) is 0 Å². The molecule has 0 saturated carbocycles. The molecule has 8 heteroatoms. The summed E-state index contributed by atoms with van der Waals surface area (Å²) in [6, 6.07) is 4.70. The van der Waals surface area contributed by atoms with Gasteiger partial charge in [-0.25, -0.2) is 12.8 Å². The van der Waals surface area contributed by atoms with Gasteiger partial charge in [0.05, 0.1) is 17.0 Å². The van der Waals surface area contributed by atoms with Crippen LogP contribution in [0.5, 0.6) is 5.75 Å². The minimum absolute atomic E-state index is 0.0352. The lowest BCUT2D eigenvalue weighted by Crippen LogP contribution is -2.17. The van der Waals surface area contributed by atoms with Gasteiger partial charge in [-0.15, -0.1) is 0 Å². The molecule has 0 fully saturated rings. The smallest absolute Gasteiger partial charge is 0.307 e. The van der Waals surface area contributed by atoms with Crippen molar-refractivity contribution in [1.29, 1.82) is 0 Å². The van der Waals surface area contributed by atoms with Crippen molar-refractivity contribution in [3.8, 4) is 5.75 Å². The minimum atomic E-state index is -4.26. The molecule has 130 valence electrons. The molecule has 0 radical (unpaired) electrons. The summed E-state index contributed by atoms with van der Waals surface area (Å²) in [5, 5.41) is 18.4. The molecule has 1 heterocycles. The highest BCUT2D eigenvalue weighted by Gasteiger charge is 2.37. The van der Waals surface area contributed by atoms with Gasteiger partial charge in [0.1, 0.15) is 16.5 Å². The van der Waals surface area contributed by atoms with E-state index >= 15 is 0 Å². The first kappa shape index (κ1) is 17.1. The van der Waals surface area contributed by atoms with Crippen molar-refractivity contribution in [2.24, 2.45) is 4.99 Å². The molecule has 1 aromatic rings. The molecule has 0 bridgehead atoms. The van der Waals surface area contributed by atoms with Crippen LogP contribution in [0.4, 0.5) is 4.39 Å². The number of benzene rings is 1. The van der Waals surface area contributed by atoms with Crippen molar-refractivity contribution in [3.63, 3.8) is 0 Å². The van der Waals surface area contributed by atoms with Crippen molar-refractivity contribution in [3.05, 3.63) is 57.9 Å². The second kappa shape index (κ2) is 5.96. The predicted octanol–water partition coefficient (Wildman–Crippen LogP) is 2.88. The van der Waals surface area contributed by atoms with Crippen LogP contribution in [0.15, 0.2) is 67.8 Å². The molecule has 1 aliphatic carbocycles. The summed E-state index contributed by atoms with van der Waals surface area (Å²) in [4.78, 5) is 14.6. The molecule has 0 saturated heterocycles. The van der Waals surface area contributed by atoms with Gasteiger partial charge in [-0.2, -0.15) is 0 Å². The molecule has 0 atom stereocenters. The number of hydrogen-bond donors (Lipinski definition) is 2. The Balaban J connectivity index is 2.25. The molecule has 6 nitrogen and oxygen atoms in total. The van der Waals surface area contributed by atoms with Crippen LogP contribution in [0, 0.1) is 0 Å². The van der Waals surface area contributed by atoms with E-state index in [0.717, 1.165) is 6.08 Å². The van der Waals surface area contributed by atoms with Crippen molar-refractivity contribution < 1.29 is 27.8 Å². The van der Waals surface area contributed by atoms with Gasteiger partial charge in [-0.3, -0.25) is 9.79 Å². The molecule has 0 aromatic heterocycles. The van der Waals surface area contributed by atoms with E-state index in [4.69, 9.17) is 5.11 Å². The van der Waals surface area contributed by atoms with Gasteiger partial charge in [0.2, 0.25) is 9.84 Å². The second-order valence-corrected chi connectivity index (χ2v) is 7.54. The molecule has 1 aromatic carbocycles. The zero-order chi connectivity index (χ0) is 18.4. The zero-order valence-corrected chi connectivity index (χ0v) is 14.0. The lowest BCUT2D eigenvalue weighted by molar-refractivity contribution is -0.136. The normalized spacial score (nSPS) is 17.4. The summed E-state index contributed by atoms with van der Waals surface area (Å²) in [5.74, 6) is -2.21. The molecular formula is C17H14FNO5S. The largest absolute Gasteiger partial charge is 0.508 e. The summed E-state index contributed by atoms with van der Waals surface area (Å²) in [7, 11) is -4.26. The molecular weight excluding hydrogens is 349 g/mol. The molecule has 0 amide bonds. The number of halogens is 1. The number of aromatic hydroxyl groups is 1. The van der Waals surface area contributed by atoms with Gasteiger partial charge < -0.3 is 10.2 Å². The van der Waals surface area contributed by atoms with E-state index in [1.807, 2.05) is 0 Å². The molecule has 3 rings (SSSR count). The third-order valence-electron chi connectivity index (χ3n) is 3.99. The summed E-state index contributed by atoms with van der Waals surface area (Å²) in [6.45, 7) is 1.57. The monoisotopic (exact) mass is 363 g/mol. The van der Waals surface area contributed by atoms with Crippen LogP contribution in [0.2, 0.25) is 0 Å². The maximum atomic E-state index is 14.5. The number of carboxylic acid groups (broad SMARTS) is 1. The standard InChI is InChI=1S/C17H14FNO5S/c1-9-12(8-15(21)22)16-14(19-9)7-6-13(18)17(16)25(23,24)11-4-2-10(20)3-5-11/h2-6,20H,7-8H2,1H3,(H,21,22).